The van der Waals surface area contributed by atoms with Gasteiger partial charge in [-0.25, -0.2) is 0 Å². The minimum absolute atomic E-state index is 0.347. The summed E-state index contributed by atoms with van der Waals surface area (Å²) in [6, 6.07) is 6.64. The van der Waals surface area contributed by atoms with E-state index in [-0.39, 0.29) is 5.78 Å². The molecule has 1 N–H and O–H groups in total. The normalized spacial score (nSPS) is 11.7. The van der Waals surface area contributed by atoms with Crippen molar-refractivity contribution in [3.63, 3.8) is 0 Å². The van der Waals surface area contributed by atoms with Gasteiger partial charge in [0.2, 0.25) is 0 Å². The third-order valence-corrected chi connectivity index (χ3v) is 2.43. The predicted octanol–water partition coefficient (Wildman–Crippen LogP) is 2.28. The van der Waals surface area contributed by atoms with E-state index >= 15 is 0 Å². The molecule has 2 aromatic rings. The first-order valence-corrected chi connectivity index (χ1v) is 5.59. The zero-order valence-corrected chi connectivity index (χ0v) is 9.02. The standard InChI is InChI=1S/C10H7O5P/c11-9(6-15-16(12)13)7-1-2-10-8(5-7)3-4-14-10/h1-5H,6H2/p+1. The van der Waals surface area contributed by atoms with Gasteiger partial charge in [0.05, 0.1) is 6.26 Å². The van der Waals surface area contributed by atoms with E-state index in [1.807, 2.05) is 0 Å². The van der Waals surface area contributed by atoms with Crippen LogP contribution in [0.15, 0.2) is 34.9 Å². The van der Waals surface area contributed by atoms with Gasteiger partial charge in [0.1, 0.15) is 5.58 Å². The molecule has 0 saturated carbocycles. The Hall–Kier alpha value is -1.55. The molecule has 0 aliphatic heterocycles. The van der Waals surface area contributed by atoms with E-state index in [2.05, 4.69) is 4.52 Å². The summed E-state index contributed by atoms with van der Waals surface area (Å²) in [5, 5.41) is 0.805. The molecule has 0 spiro atoms. The van der Waals surface area contributed by atoms with Gasteiger partial charge in [0.25, 0.3) is 0 Å². The second-order valence-electron chi connectivity index (χ2n) is 3.11. The maximum absolute atomic E-state index is 11.5. The summed E-state index contributed by atoms with van der Waals surface area (Å²) in [4.78, 5) is 19.9. The van der Waals surface area contributed by atoms with Crippen LogP contribution in [-0.2, 0) is 9.09 Å². The van der Waals surface area contributed by atoms with Crippen molar-refractivity contribution in [1.82, 2.24) is 0 Å². The molecule has 0 fully saturated rings. The smallest absolute Gasteiger partial charge is 0.464 e. The first-order chi connectivity index (χ1) is 7.66. The van der Waals surface area contributed by atoms with E-state index in [4.69, 9.17) is 9.31 Å². The van der Waals surface area contributed by atoms with Crippen molar-refractivity contribution in [2.75, 3.05) is 6.61 Å². The molecule has 1 aromatic heterocycles. The number of furan rings is 1. The monoisotopic (exact) mass is 239 g/mol. The molecule has 16 heavy (non-hydrogen) atoms. The highest BCUT2D eigenvalue weighted by atomic mass is 31.1. The fourth-order valence-corrected chi connectivity index (χ4v) is 1.56. The van der Waals surface area contributed by atoms with Crippen LogP contribution in [0.5, 0.6) is 0 Å². The lowest BCUT2D eigenvalue weighted by Gasteiger charge is -1.96. The van der Waals surface area contributed by atoms with Crippen LogP contribution in [0.3, 0.4) is 0 Å². The van der Waals surface area contributed by atoms with Gasteiger partial charge in [-0.15, -0.1) is 9.42 Å². The topological polar surface area (TPSA) is 76.7 Å². The van der Waals surface area contributed by atoms with Crippen molar-refractivity contribution in [2.24, 2.45) is 0 Å². The summed E-state index contributed by atoms with van der Waals surface area (Å²) in [6.45, 7) is -0.408. The van der Waals surface area contributed by atoms with Crippen molar-refractivity contribution in [3.05, 3.63) is 36.1 Å². The maximum Gasteiger partial charge on any atom is 0.695 e. The lowest BCUT2D eigenvalue weighted by Crippen LogP contribution is -2.05. The van der Waals surface area contributed by atoms with Gasteiger partial charge < -0.3 is 4.42 Å². The van der Waals surface area contributed by atoms with E-state index in [0.29, 0.717) is 11.1 Å². The van der Waals surface area contributed by atoms with Crippen molar-refractivity contribution in [2.45, 2.75) is 0 Å². The highest BCUT2D eigenvalue weighted by molar-refractivity contribution is 7.32. The van der Waals surface area contributed by atoms with Gasteiger partial charge >= 0.3 is 8.25 Å². The second kappa shape index (κ2) is 4.53. The first kappa shape index (κ1) is 11.0. The molecule has 2 rings (SSSR count). The van der Waals surface area contributed by atoms with Crippen molar-refractivity contribution >= 4 is 25.0 Å². The van der Waals surface area contributed by atoms with E-state index in [1.165, 1.54) is 6.26 Å². The van der Waals surface area contributed by atoms with Crippen LogP contribution in [0.25, 0.3) is 11.0 Å². The number of hydrogen-bond acceptors (Lipinski definition) is 4. The molecule has 1 aromatic carbocycles. The van der Waals surface area contributed by atoms with Crippen LogP contribution >= 0.6 is 8.25 Å². The van der Waals surface area contributed by atoms with Crippen molar-refractivity contribution in [1.29, 1.82) is 0 Å². The molecule has 82 valence electrons. The molecule has 1 unspecified atom stereocenters. The summed E-state index contributed by atoms with van der Waals surface area (Å²) in [5.74, 6) is -0.347. The molecule has 1 heterocycles. The Morgan fingerprint density at radius 1 is 1.44 bits per heavy atom. The molecule has 0 radical (unpaired) electrons. The van der Waals surface area contributed by atoms with Crippen LogP contribution < -0.4 is 0 Å². The Balaban J connectivity index is 2.19. The molecule has 0 amide bonds. The number of ketones is 1. The molecule has 0 aliphatic carbocycles. The molecule has 1 atom stereocenters. The predicted molar refractivity (Wildman–Crippen MR) is 56.3 cm³/mol. The highest BCUT2D eigenvalue weighted by Crippen LogP contribution is 2.19. The summed E-state index contributed by atoms with van der Waals surface area (Å²) in [5.41, 5.74) is 1.11. The van der Waals surface area contributed by atoms with E-state index in [1.54, 1.807) is 24.3 Å². The number of carbonyl (C=O) groups excluding carboxylic acids is 1. The summed E-state index contributed by atoms with van der Waals surface area (Å²) >= 11 is 0. The third-order valence-electron chi connectivity index (χ3n) is 2.08. The van der Waals surface area contributed by atoms with Crippen LogP contribution in [0.2, 0.25) is 0 Å². The van der Waals surface area contributed by atoms with E-state index < -0.39 is 14.9 Å². The minimum Gasteiger partial charge on any atom is -0.464 e. The molecule has 5 nitrogen and oxygen atoms in total. The largest absolute Gasteiger partial charge is 0.695 e. The minimum atomic E-state index is -2.74. The van der Waals surface area contributed by atoms with Gasteiger partial charge in [0.15, 0.2) is 12.4 Å². The van der Waals surface area contributed by atoms with E-state index in [0.717, 1.165) is 5.39 Å². The van der Waals surface area contributed by atoms with Crippen LogP contribution in [-0.4, -0.2) is 17.3 Å². The Labute approximate surface area is 91.6 Å². The molecular weight excluding hydrogens is 231 g/mol. The number of rotatable bonds is 4. The lowest BCUT2D eigenvalue weighted by atomic mass is 10.1. The maximum atomic E-state index is 11.5. The third kappa shape index (κ3) is 2.33. The van der Waals surface area contributed by atoms with Gasteiger partial charge in [-0.05, 0) is 24.3 Å². The van der Waals surface area contributed by atoms with Gasteiger partial charge in [-0.1, -0.05) is 0 Å². The van der Waals surface area contributed by atoms with Gasteiger partial charge in [-0.2, -0.15) is 0 Å². The lowest BCUT2D eigenvalue weighted by molar-refractivity contribution is 0.0917. The van der Waals surface area contributed by atoms with Crippen molar-refractivity contribution < 1.29 is 23.2 Å². The second-order valence-corrected chi connectivity index (χ2v) is 3.84. The van der Waals surface area contributed by atoms with Crippen LogP contribution in [0, 0.1) is 0 Å². The summed E-state index contributed by atoms with van der Waals surface area (Å²) < 4.78 is 19.7. The molecule has 0 bridgehead atoms. The summed E-state index contributed by atoms with van der Waals surface area (Å²) in [7, 11) is -2.74. The Bertz CT molecular complexity index is 545. The fourth-order valence-electron chi connectivity index (χ4n) is 1.34. The number of hydrogen-bond donors (Lipinski definition) is 1. The number of fused-ring (bicyclic) bond motifs is 1. The van der Waals surface area contributed by atoms with Crippen LogP contribution in [0.1, 0.15) is 10.4 Å². The number of carbonyl (C=O) groups is 1. The SMILES string of the molecule is O=C(CO[P+](=O)O)c1ccc2occc2c1. The highest BCUT2D eigenvalue weighted by Gasteiger charge is 2.17. The summed E-state index contributed by atoms with van der Waals surface area (Å²) in [6.07, 6.45) is 1.53. The average molecular weight is 239 g/mol. The zero-order chi connectivity index (χ0) is 11.5. The quantitative estimate of drug-likeness (QED) is 0.654. The Kier molecular flexibility index (Phi) is 3.10. The fraction of sp³-hybridized carbons (Fsp3) is 0.100. The Morgan fingerprint density at radius 3 is 3.00 bits per heavy atom. The number of Topliss-reactive ketones (excluding diaryl/α,β-unsaturated/α-hetero) is 1. The molecule has 0 saturated heterocycles. The van der Waals surface area contributed by atoms with Crippen molar-refractivity contribution in [3.8, 4) is 0 Å². The average Bonchev–Trinajstić information content (AvgIpc) is 2.72. The van der Waals surface area contributed by atoms with E-state index in [9.17, 15) is 9.36 Å². The molecule has 0 aliphatic rings. The Morgan fingerprint density at radius 2 is 2.25 bits per heavy atom. The van der Waals surface area contributed by atoms with Gasteiger partial charge in [0, 0.05) is 15.5 Å². The zero-order valence-electron chi connectivity index (χ0n) is 8.12. The molecule has 6 heteroatoms. The molecular formula is C10H8O5P+. The first-order valence-electron chi connectivity index (χ1n) is 4.46. The number of benzene rings is 1. The van der Waals surface area contributed by atoms with Crippen LogP contribution in [0.4, 0.5) is 0 Å². The van der Waals surface area contributed by atoms with Gasteiger partial charge in [-0.3, -0.25) is 4.79 Å².